The maximum atomic E-state index is 14.8. The molecule has 164 valence electrons. The Balaban J connectivity index is 1.62. The third kappa shape index (κ3) is 4.23. The molecular weight excluding hydrogens is 397 g/mol. The van der Waals surface area contributed by atoms with E-state index in [0.29, 0.717) is 44.6 Å². The van der Waals surface area contributed by atoms with Crippen LogP contribution >= 0.6 is 0 Å². The van der Waals surface area contributed by atoms with E-state index >= 15 is 0 Å². The lowest BCUT2D eigenvalue weighted by molar-refractivity contribution is -0.152. The number of H-pyrrole nitrogens is 1. The van der Waals surface area contributed by atoms with Crippen molar-refractivity contribution in [3.8, 4) is 0 Å². The summed E-state index contributed by atoms with van der Waals surface area (Å²) in [5.41, 5.74) is 3.63. The fourth-order valence-corrected chi connectivity index (χ4v) is 4.45. The molecule has 0 fully saturated rings. The Kier molecular flexibility index (Phi) is 6.39. The summed E-state index contributed by atoms with van der Waals surface area (Å²) in [4.78, 5) is 15.5. The van der Waals surface area contributed by atoms with Crippen LogP contribution in [0.15, 0.2) is 42.5 Å². The van der Waals surface area contributed by atoms with E-state index in [9.17, 15) is 9.18 Å². The predicted molar refractivity (Wildman–Crippen MR) is 116 cm³/mol. The van der Waals surface area contributed by atoms with Gasteiger partial charge in [0.05, 0.1) is 44.6 Å². The van der Waals surface area contributed by atoms with Gasteiger partial charge in [0.1, 0.15) is 11.4 Å². The fraction of sp³-hybridized carbons (Fsp3) is 0.400. The number of rotatable bonds is 8. The van der Waals surface area contributed by atoms with Crippen molar-refractivity contribution >= 4 is 16.9 Å². The van der Waals surface area contributed by atoms with Crippen LogP contribution in [0.2, 0.25) is 0 Å². The first-order valence-corrected chi connectivity index (χ1v) is 10.7. The van der Waals surface area contributed by atoms with Crippen molar-refractivity contribution in [3.05, 3.63) is 70.7 Å². The van der Waals surface area contributed by atoms with E-state index in [0.717, 1.165) is 27.7 Å². The Labute approximate surface area is 181 Å². The van der Waals surface area contributed by atoms with Crippen LogP contribution in [0.4, 0.5) is 4.39 Å². The second-order valence-corrected chi connectivity index (χ2v) is 7.91. The molecule has 0 saturated heterocycles. The molecule has 0 bridgehead atoms. The molecule has 5 nitrogen and oxygen atoms in total. The van der Waals surface area contributed by atoms with Gasteiger partial charge in [-0.1, -0.05) is 37.3 Å². The number of nitrogens with one attached hydrogen (secondary N) is 1. The minimum atomic E-state index is -0.781. The highest BCUT2D eigenvalue weighted by atomic mass is 19.1. The Morgan fingerprint density at radius 3 is 2.77 bits per heavy atom. The smallest absolute Gasteiger partial charge is 0.308 e. The van der Waals surface area contributed by atoms with E-state index in [4.69, 9.17) is 14.2 Å². The molecular formula is C25H28FNO4. The van der Waals surface area contributed by atoms with Crippen LogP contribution < -0.4 is 0 Å². The van der Waals surface area contributed by atoms with Crippen LogP contribution in [0.1, 0.15) is 42.1 Å². The molecule has 0 amide bonds. The Hall–Kier alpha value is -2.70. The minimum absolute atomic E-state index is 0.123. The van der Waals surface area contributed by atoms with Gasteiger partial charge in [0.15, 0.2) is 0 Å². The van der Waals surface area contributed by atoms with Crippen molar-refractivity contribution in [1.82, 2.24) is 4.98 Å². The fourth-order valence-electron chi connectivity index (χ4n) is 4.45. The number of benzene rings is 2. The second kappa shape index (κ2) is 9.20. The molecule has 3 aromatic rings. The molecule has 1 aromatic heterocycles. The van der Waals surface area contributed by atoms with Crippen molar-refractivity contribution < 1.29 is 23.4 Å². The van der Waals surface area contributed by atoms with Gasteiger partial charge >= 0.3 is 5.97 Å². The molecule has 0 aliphatic carbocycles. The SMILES string of the molecule is CCC1(CC(=O)OC)OCCc2c1[nH]c1c(CCOCc3ccccc3)c(F)ccc21. The Bertz CT molecular complexity index is 1060. The first-order valence-electron chi connectivity index (χ1n) is 10.7. The largest absolute Gasteiger partial charge is 0.469 e. The summed E-state index contributed by atoms with van der Waals surface area (Å²) >= 11 is 0. The van der Waals surface area contributed by atoms with Crippen LogP contribution in [0, 0.1) is 5.82 Å². The van der Waals surface area contributed by atoms with Gasteiger partial charge in [-0.05, 0) is 36.1 Å². The normalized spacial score (nSPS) is 18.2. The molecule has 1 aliphatic heterocycles. The topological polar surface area (TPSA) is 60.5 Å². The van der Waals surface area contributed by atoms with Crippen LogP contribution in [0.5, 0.6) is 0 Å². The predicted octanol–water partition coefficient (Wildman–Crippen LogP) is 4.81. The third-order valence-electron chi connectivity index (χ3n) is 6.16. The van der Waals surface area contributed by atoms with Gasteiger partial charge in [-0.2, -0.15) is 0 Å². The van der Waals surface area contributed by atoms with Crippen molar-refractivity contribution in [1.29, 1.82) is 0 Å². The first-order chi connectivity index (χ1) is 15.1. The molecule has 0 radical (unpaired) electrons. The van der Waals surface area contributed by atoms with Gasteiger partial charge in [0.2, 0.25) is 0 Å². The van der Waals surface area contributed by atoms with Crippen molar-refractivity contribution in [2.24, 2.45) is 0 Å². The van der Waals surface area contributed by atoms with E-state index in [1.165, 1.54) is 13.2 Å². The summed E-state index contributed by atoms with van der Waals surface area (Å²) in [6.45, 7) is 3.40. The number of ether oxygens (including phenoxy) is 3. The molecule has 2 aromatic carbocycles. The summed E-state index contributed by atoms with van der Waals surface area (Å²) in [5, 5.41) is 0.987. The van der Waals surface area contributed by atoms with Crippen molar-refractivity contribution in [3.63, 3.8) is 0 Å². The molecule has 4 rings (SSSR count). The number of hydrogen-bond acceptors (Lipinski definition) is 4. The molecule has 1 atom stereocenters. The van der Waals surface area contributed by atoms with Crippen molar-refractivity contribution in [2.45, 2.75) is 44.8 Å². The van der Waals surface area contributed by atoms with Crippen molar-refractivity contribution in [2.75, 3.05) is 20.3 Å². The molecule has 6 heteroatoms. The number of halogens is 1. The second-order valence-electron chi connectivity index (χ2n) is 7.91. The van der Waals surface area contributed by atoms with E-state index in [1.54, 1.807) is 0 Å². The molecule has 2 heterocycles. The van der Waals surface area contributed by atoms with Gasteiger partial charge in [-0.3, -0.25) is 4.79 Å². The maximum absolute atomic E-state index is 14.8. The highest BCUT2D eigenvalue weighted by molar-refractivity contribution is 5.88. The molecule has 1 N–H and O–H groups in total. The minimum Gasteiger partial charge on any atom is -0.469 e. The Morgan fingerprint density at radius 1 is 1.23 bits per heavy atom. The third-order valence-corrected chi connectivity index (χ3v) is 6.16. The monoisotopic (exact) mass is 425 g/mol. The number of aromatic amines is 1. The summed E-state index contributed by atoms with van der Waals surface area (Å²) in [7, 11) is 1.38. The van der Waals surface area contributed by atoms with E-state index in [-0.39, 0.29) is 18.2 Å². The first kappa shape index (κ1) is 21.5. The van der Waals surface area contributed by atoms with Gasteiger partial charge in [0, 0.05) is 17.4 Å². The van der Waals surface area contributed by atoms with E-state index in [2.05, 4.69) is 4.98 Å². The van der Waals surface area contributed by atoms with E-state index in [1.807, 2.05) is 43.3 Å². The maximum Gasteiger partial charge on any atom is 0.308 e. The lowest BCUT2D eigenvalue weighted by Gasteiger charge is -2.35. The Morgan fingerprint density at radius 2 is 2.03 bits per heavy atom. The number of fused-ring (bicyclic) bond motifs is 3. The number of hydrogen-bond donors (Lipinski definition) is 1. The number of aromatic nitrogens is 1. The summed E-state index contributed by atoms with van der Waals surface area (Å²) in [5.74, 6) is -0.584. The van der Waals surface area contributed by atoms with Crippen LogP contribution in [-0.2, 0) is 44.1 Å². The molecule has 0 spiro atoms. The summed E-state index contributed by atoms with van der Waals surface area (Å²) in [6, 6.07) is 13.3. The van der Waals surface area contributed by atoms with Gasteiger partial charge in [-0.15, -0.1) is 0 Å². The lowest BCUT2D eigenvalue weighted by Crippen LogP contribution is -2.37. The summed E-state index contributed by atoms with van der Waals surface area (Å²) < 4.78 is 31.6. The average molecular weight is 426 g/mol. The molecule has 1 unspecified atom stereocenters. The molecule has 0 saturated carbocycles. The van der Waals surface area contributed by atoms with Gasteiger partial charge < -0.3 is 19.2 Å². The number of esters is 1. The van der Waals surface area contributed by atoms with Crippen LogP contribution in [0.25, 0.3) is 10.9 Å². The average Bonchev–Trinajstić information content (AvgIpc) is 3.18. The molecule has 31 heavy (non-hydrogen) atoms. The summed E-state index contributed by atoms with van der Waals surface area (Å²) in [6.07, 6.45) is 1.90. The number of carbonyl (C=O) groups excluding carboxylic acids is 1. The number of carbonyl (C=O) groups is 1. The zero-order chi connectivity index (χ0) is 21.8. The van der Waals surface area contributed by atoms with Gasteiger partial charge in [-0.25, -0.2) is 4.39 Å². The van der Waals surface area contributed by atoms with Crippen LogP contribution in [0.3, 0.4) is 0 Å². The highest BCUT2D eigenvalue weighted by Gasteiger charge is 2.41. The molecule has 1 aliphatic rings. The van der Waals surface area contributed by atoms with Gasteiger partial charge in [0.25, 0.3) is 0 Å². The zero-order valence-electron chi connectivity index (χ0n) is 18.0. The number of methoxy groups -OCH3 is 1. The standard InChI is InChI=1S/C25H28FNO4/c1-3-25(15-22(28)29-2)24-19(12-14-31-25)18-9-10-21(26)20(23(18)27-24)11-13-30-16-17-7-5-4-6-8-17/h4-10,27H,3,11-16H2,1-2H3. The highest BCUT2D eigenvalue weighted by Crippen LogP contribution is 2.42. The lowest BCUT2D eigenvalue weighted by atomic mass is 9.86. The van der Waals surface area contributed by atoms with Crippen LogP contribution in [-0.4, -0.2) is 31.3 Å². The van der Waals surface area contributed by atoms with E-state index < -0.39 is 5.60 Å². The zero-order valence-corrected chi connectivity index (χ0v) is 18.0. The quantitative estimate of drug-likeness (QED) is 0.416.